The zero-order valence-corrected chi connectivity index (χ0v) is 10.3. The van der Waals surface area contributed by atoms with E-state index < -0.39 is 0 Å². The molecule has 0 aromatic rings. The first-order chi connectivity index (χ1) is 3.83. The van der Waals surface area contributed by atoms with Gasteiger partial charge >= 0.3 is 0 Å². The molecule has 0 spiro atoms. The maximum absolute atomic E-state index is 3.60. The smallest absolute Gasteiger partial charge is 0 e. The molecule has 0 saturated heterocycles. The van der Waals surface area contributed by atoms with Gasteiger partial charge in [0.25, 0.3) is 0 Å². The summed E-state index contributed by atoms with van der Waals surface area (Å²) in [4.78, 5) is 0. The molecule has 0 atom stereocenters. The van der Waals surface area contributed by atoms with Crippen molar-refractivity contribution in [1.82, 2.24) is 0 Å². The Kier molecular flexibility index (Phi) is 42.3. The third-order valence-electron chi connectivity index (χ3n) is 0.707. The van der Waals surface area contributed by atoms with Crippen LogP contribution in [0.5, 0.6) is 0 Å². The van der Waals surface area contributed by atoms with Gasteiger partial charge < -0.3 is 13.8 Å². The SMILES string of the molecule is [CH2-]CCC.[CH2-]CCC.[Hf]. The normalized spacial score (nSPS) is 6.67. The zero-order chi connectivity index (χ0) is 6.83. The number of hydrogen-bond donors (Lipinski definition) is 0. The van der Waals surface area contributed by atoms with Gasteiger partial charge in [0, 0.05) is 25.8 Å². The third-order valence-corrected chi connectivity index (χ3v) is 0.707. The monoisotopic (exact) mass is 294 g/mol. The topological polar surface area (TPSA) is 0 Å². The average molecular weight is 293 g/mol. The van der Waals surface area contributed by atoms with Crippen LogP contribution in [-0.4, -0.2) is 0 Å². The fourth-order valence-corrected chi connectivity index (χ4v) is 0. The van der Waals surface area contributed by atoms with Crippen molar-refractivity contribution in [3.05, 3.63) is 13.8 Å². The minimum Gasteiger partial charge on any atom is -0.343 e. The van der Waals surface area contributed by atoms with Crippen LogP contribution in [0.3, 0.4) is 0 Å². The van der Waals surface area contributed by atoms with Crippen molar-refractivity contribution in [2.45, 2.75) is 39.5 Å². The number of rotatable bonds is 2. The van der Waals surface area contributed by atoms with Gasteiger partial charge in [-0.25, -0.2) is 0 Å². The van der Waals surface area contributed by atoms with E-state index in [9.17, 15) is 0 Å². The van der Waals surface area contributed by atoms with Gasteiger partial charge in [0.15, 0.2) is 0 Å². The van der Waals surface area contributed by atoms with Crippen LogP contribution in [0, 0.1) is 13.8 Å². The first kappa shape index (κ1) is 16.5. The number of hydrogen-bond acceptors (Lipinski definition) is 0. The molecule has 0 radical (unpaired) electrons. The van der Waals surface area contributed by atoms with Crippen molar-refractivity contribution >= 4 is 0 Å². The molecule has 0 amide bonds. The van der Waals surface area contributed by atoms with Crippen LogP contribution in [0.1, 0.15) is 39.5 Å². The molecule has 0 aliphatic carbocycles. The quantitative estimate of drug-likeness (QED) is 0.541. The zero-order valence-electron chi connectivity index (χ0n) is 6.74. The predicted molar refractivity (Wildman–Crippen MR) is 40.5 cm³/mol. The Bertz CT molecular complexity index is 12.5. The summed E-state index contributed by atoms with van der Waals surface area (Å²) >= 11 is 0. The molecule has 0 saturated carbocycles. The second-order valence-electron chi connectivity index (χ2n) is 1.71. The van der Waals surface area contributed by atoms with Crippen molar-refractivity contribution in [1.29, 1.82) is 0 Å². The Balaban J connectivity index is -0.0000000720. The standard InChI is InChI=1S/2C4H9.Hf/c2*1-3-4-2;/h2*1,3-4H2,2H3;/q2*-1;. The van der Waals surface area contributed by atoms with E-state index in [1.807, 2.05) is 0 Å². The molecule has 0 bridgehead atoms. The van der Waals surface area contributed by atoms with Crippen LogP contribution in [-0.2, 0) is 25.8 Å². The fourth-order valence-electron chi connectivity index (χ4n) is 0. The van der Waals surface area contributed by atoms with E-state index in [0.29, 0.717) is 0 Å². The molecular formula is C8H18Hf-2. The maximum atomic E-state index is 3.60. The summed E-state index contributed by atoms with van der Waals surface area (Å²) in [6, 6.07) is 0. The molecule has 0 aliphatic heterocycles. The number of unbranched alkanes of at least 4 members (excludes halogenated alkanes) is 2. The fraction of sp³-hybridized carbons (Fsp3) is 0.750. The van der Waals surface area contributed by atoms with Gasteiger partial charge in [0.2, 0.25) is 0 Å². The van der Waals surface area contributed by atoms with Crippen molar-refractivity contribution in [2.24, 2.45) is 0 Å². The summed E-state index contributed by atoms with van der Waals surface area (Å²) in [5.41, 5.74) is 0. The van der Waals surface area contributed by atoms with Crippen molar-refractivity contribution in [2.75, 3.05) is 0 Å². The Morgan fingerprint density at radius 3 is 1.00 bits per heavy atom. The molecule has 56 valence electrons. The second kappa shape index (κ2) is 23.2. The maximum Gasteiger partial charge on any atom is 0 e. The van der Waals surface area contributed by atoms with Gasteiger partial charge in [-0.3, -0.25) is 0 Å². The minimum absolute atomic E-state index is 0. The van der Waals surface area contributed by atoms with Crippen molar-refractivity contribution in [3.8, 4) is 0 Å². The van der Waals surface area contributed by atoms with Gasteiger partial charge in [0.05, 0.1) is 0 Å². The van der Waals surface area contributed by atoms with E-state index in [1.54, 1.807) is 0 Å². The van der Waals surface area contributed by atoms with E-state index in [-0.39, 0.29) is 25.8 Å². The van der Waals surface area contributed by atoms with Crippen LogP contribution in [0.4, 0.5) is 0 Å². The van der Waals surface area contributed by atoms with Gasteiger partial charge in [-0.15, -0.1) is 0 Å². The molecule has 0 aromatic heterocycles. The summed E-state index contributed by atoms with van der Waals surface area (Å²) in [6.07, 6.45) is 4.56. The molecule has 0 unspecified atom stereocenters. The van der Waals surface area contributed by atoms with E-state index in [1.165, 1.54) is 12.8 Å². The average Bonchev–Trinajstić information content (AvgIpc) is 1.88. The van der Waals surface area contributed by atoms with Crippen LogP contribution in [0.15, 0.2) is 0 Å². The van der Waals surface area contributed by atoms with Gasteiger partial charge in [-0.1, -0.05) is 26.7 Å². The molecule has 9 heavy (non-hydrogen) atoms. The molecule has 0 fully saturated rings. The van der Waals surface area contributed by atoms with Gasteiger partial charge in [-0.2, -0.15) is 12.8 Å². The molecule has 0 nitrogen and oxygen atoms in total. The summed E-state index contributed by atoms with van der Waals surface area (Å²) in [7, 11) is 0. The first-order valence-corrected chi connectivity index (χ1v) is 3.41. The minimum atomic E-state index is 0. The Labute approximate surface area is 79.2 Å². The molecular weight excluding hydrogens is 275 g/mol. The molecule has 0 aromatic carbocycles. The summed E-state index contributed by atoms with van der Waals surface area (Å²) in [5.74, 6) is 0. The van der Waals surface area contributed by atoms with Crippen LogP contribution >= 0.6 is 0 Å². The van der Waals surface area contributed by atoms with Gasteiger partial charge in [-0.05, 0) is 0 Å². The van der Waals surface area contributed by atoms with Crippen LogP contribution in [0.25, 0.3) is 0 Å². The second-order valence-corrected chi connectivity index (χ2v) is 1.71. The van der Waals surface area contributed by atoms with Crippen LogP contribution < -0.4 is 0 Å². The molecule has 0 aliphatic rings. The molecule has 0 heterocycles. The third kappa shape index (κ3) is 50.8. The van der Waals surface area contributed by atoms with E-state index in [2.05, 4.69) is 27.7 Å². The van der Waals surface area contributed by atoms with E-state index >= 15 is 0 Å². The Morgan fingerprint density at radius 2 is 1.00 bits per heavy atom. The predicted octanol–water partition coefficient (Wildman–Crippen LogP) is 3.24. The first-order valence-electron chi connectivity index (χ1n) is 3.41. The molecule has 1 heteroatoms. The van der Waals surface area contributed by atoms with Gasteiger partial charge in [0.1, 0.15) is 0 Å². The van der Waals surface area contributed by atoms with E-state index in [0.717, 1.165) is 12.8 Å². The summed E-state index contributed by atoms with van der Waals surface area (Å²) in [6.45, 7) is 11.4. The molecule has 0 rings (SSSR count). The Morgan fingerprint density at radius 1 is 0.889 bits per heavy atom. The molecule has 0 N–H and O–H groups in total. The van der Waals surface area contributed by atoms with Crippen molar-refractivity contribution < 1.29 is 25.8 Å². The largest absolute Gasteiger partial charge is 0.343 e. The summed E-state index contributed by atoms with van der Waals surface area (Å²) < 4.78 is 0. The van der Waals surface area contributed by atoms with Crippen molar-refractivity contribution in [3.63, 3.8) is 0 Å². The van der Waals surface area contributed by atoms with Crippen LogP contribution in [0.2, 0.25) is 0 Å². The van der Waals surface area contributed by atoms with E-state index in [4.69, 9.17) is 0 Å². The Hall–Kier alpha value is 0.870. The summed E-state index contributed by atoms with van der Waals surface area (Å²) in [5, 5.41) is 0.